The second kappa shape index (κ2) is 10.6. The third-order valence-corrected chi connectivity index (χ3v) is 27.4. The second-order valence-electron chi connectivity index (χ2n) is 7.61. The maximum absolute atomic E-state index is 4.17. The molecule has 4 unspecified atom stereocenters. The lowest BCUT2D eigenvalue weighted by atomic mass is 9.76. The normalized spacial score (nSPS) is 31.8. The van der Waals surface area contributed by atoms with Crippen LogP contribution in [0.25, 0.3) is 0 Å². The number of benzene rings is 1. The van der Waals surface area contributed by atoms with Gasteiger partial charge < -0.3 is 0 Å². The minimum atomic E-state index is -0.623. The quantitative estimate of drug-likeness (QED) is 0.249. The molecule has 0 N–H and O–H groups in total. The summed E-state index contributed by atoms with van der Waals surface area (Å²) in [6, 6.07) is 10.8. The molecule has 1 aromatic carbocycles. The molecule has 0 radical (unpaired) electrons. The van der Waals surface area contributed by atoms with Gasteiger partial charge in [0.25, 0.3) is 0 Å². The average molecular weight is 1050 g/mol. The second-order valence-corrected chi connectivity index (χ2v) is 23.8. The zero-order chi connectivity index (χ0) is 22.5. The molecule has 0 amide bonds. The predicted octanol–water partition coefficient (Wildman–Crippen LogP) is 11.1. The first-order chi connectivity index (χ1) is 13.1. The van der Waals surface area contributed by atoms with E-state index in [9.17, 15) is 0 Å². The summed E-state index contributed by atoms with van der Waals surface area (Å²) >= 11 is 39.7. The van der Waals surface area contributed by atoms with Gasteiger partial charge in [0.2, 0.25) is 0 Å². The van der Waals surface area contributed by atoms with Crippen molar-refractivity contribution < 1.29 is 0 Å². The van der Waals surface area contributed by atoms with Crippen molar-refractivity contribution in [3.05, 3.63) is 35.9 Å². The average Bonchev–Trinajstić information content (AvgIpc) is 2.64. The maximum atomic E-state index is 4.17. The van der Waals surface area contributed by atoms with Crippen LogP contribution >= 0.6 is 159 Å². The fourth-order valence-corrected chi connectivity index (χ4v) is 15.5. The van der Waals surface area contributed by atoms with Gasteiger partial charge in [-0.3, -0.25) is 0 Å². The Kier molecular flexibility index (Phi) is 10.6. The molecule has 0 aromatic heterocycles. The van der Waals surface area contributed by atoms with E-state index in [0.717, 1.165) is 19.3 Å². The first-order valence-corrected chi connectivity index (χ1v) is 17.0. The highest BCUT2D eigenvalue weighted by Crippen LogP contribution is 2.78. The Morgan fingerprint density at radius 3 is 1.83 bits per heavy atom. The molecule has 29 heavy (non-hydrogen) atoms. The van der Waals surface area contributed by atoms with Gasteiger partial charge in [-0.15, -0.1) is 0 Å². The first kappa shape index (κ1) is 29.3. The lowest BCUT2D eigenvalue weighted by Gasteiger charge is -2.63. The van der Waals surface area contributed by atoms with Gasteiger partial charge in [-0.1, -0.05) is 210 Å². The smallest absolute Gasteiger partial charge is 0.0849 e. The van der Waals surface area contributed by atoms with Gasteiger partial charge >= 0.3 is 0 Å². The number of alkyl halides is 10. The number of hydrogen-bond donors (Lipinski definition) is 0. The summed E-state index contributed by atoms with van der Waals surface area (Å²) < 4.78 is -2.70. The van der Waals surface area contributed by atoms with Crippen molar-refractivity contribution in [2.24, 2.45) is 11.8 Å². The van der Waals surface area contributed by atoms with E-state index in [2.05, 4.69) is 203 Å². The van der Waals surface area contributed by atoms with Crippen molar-refractivity contribution in [2.45, 2.75) is 55.2 Å². The molecule has 1 aliphatic rings. The lowest BCUT2D eigenvalue weighted by Crippen LogP contribution is -2.74. The zero-order valence-electron chi connectivity index (χ0n) is 15.5. The molecular weight excluding hydrogens is 1030 g/mol. The SMILES string of the molecule is CCC(Cc1ccccc1)C(C)CC1(Br)C(Br)C(Br)(Br)C(Br)(Br)C(Br)(Br)C1(Br)Br. The third kappa shape index (κ3) is 5.13. The summed E-state index contributed by atoms with van der Waals surface area (Å²) in [6.45, 7) is 4.64. The van der Waals surface area contributed by atoms with E-state index in [1.54, 1.807) is 0 Å². The molecule has 0 spiro atoms. The van der Waals surface area contributed by atoms with Crippen LogP contribution in [0.15, 0.2) is 30.3 Å². The van der Waals surface area contributed by atoms with Crippen molar-refractivity contribution in [1.29, 1.82) is 0 Å². The van der Waals surface area contributed by atoms with Crippen molar-refractivity contribution in [3.63, 3.8) is 0 Å². The fourth-order valence-electron chi connectivity index (χ4n) is 3.80. The maximum Gasteiger partial charge on any atom is 0.134 e. The van der Waals surface area contributed by atoms with Crippen LogP contribution in [-0.4, -0.2) is 22.1 Å². The highest BCUT2D eigenvalue weighted by molar-refractivity contribution is 9.35. The number of rotatable bonds is 6. The van der Waals surface area contributed by atoms with Gasteiger partial charge in [0.1, 0.15) is 12.9 Å². The van der Waals surface area contributed by atoms with E-state index in [-0.39, 0.29) is 9.15 Å². The summed E-state index contributed by atoms with van der Waals surface area (Å²) in [4.78, 5) is -0.0140. The van der Waals surface area contributed by atoms with E-state index in [4.69, 9.17) is 0 Å². The molecule has 1 aliphatic carbocycles. The van der Waals surface area contributed by atoms with Gasteiger partial charge in [0, 0.05) is 0 Å². The molecule has 0 saturated heterocycles. The molecule has 0 aliphatic heterocycles. The minimum Gasteiger partial charge on any atom is -0.0849 e. The molecule has 1 fully saturated rings. The molecule has 0 bridgehead atoms. The van der Waals surface area contributed by atoms with E-state index >= 15 is 0 Å². The largest absolute Gasteiger partial charge is 0.134 e. The highest BCUT2D eigenvalue weighted by atomic mass is 79.9. The molecule has 0 heterocycles. The highest BCUT2D eigenvalue weighted by Gasteiger charge is 2.79. The molecule has 0 nitrogen and oxygen atoms in total. The van der Waals surface area contributed by atoms with Crippen LogP contribution < -0.4 is 0 Å². The third-order valence-electron chi connectivity index (χ3n) is 5.74. The fraction of sp³-hybridized carbons (Fsp3) is 0.684. The minimum absolute atomic E-state index is 0.0140. The Morgan fingerprint density at radius 1 is 0.828 bits per heavy atom. The summed E-state index contributed by atoms with van der Waals surface area (Å²) in [7, 11) is 0. The Hall–Kier alpha value is 4.02. The van der Waals surface area contributed by atoms with Gasteiger partial charge in [-0.25, -0.2) is 0 Å². The predicted molar refractivity (Wildman–Crippen MR) is 164 cm³/mol. The van der Waals surface area contributed by atoms with Crippen LogP contribution in [0.3, 0.4) is 0 Å². The zero-order valence-corrected chi connectivity index (χ0v) is 31.4. The Morgan fingerprint density at radius 2 is 1.34 bits per heavy atom. The van der Waals surface area contributed by atoms with Crippen LogP contribution in [0.5, 0.6) is 0 Å². The van der Waals surface area contributed by atoms with Gasteiger partial charge in [0.05, 0.1) is 9.15 Å². The van der Waals surface area contributed by atoms with Crippen molar-refractivity contribution in [3.8, 4) is 0 Å². The van der Waals surface area contributed by atoms with E-state index in [0.29, 0.717) is 11.8 Å². The summed E-state index contributed by atoms with van der Waals surface area (Å²) in [6.07, 6.45) is 3.14. The van der Waals surface area contributed by atoms with Crippen LogP contribution in [0.4, 0.5) is 0 Å². The number of hydrogen-bond acceptors (Lipinski definition) is 0. The molecule has 166 valence electrons. The molecular formula is C19H20Br10. The summed E-state index contributed by atoms with van der Waals surface area (Å²) in [5.41, 5.74) is 1.39. The standard InChI is InChI=1S/C19H20Br10/c1-3-13(9-12-7-5-4-6-8-12)11(2)10-15(21)14(20)16(22,23)18(26,27)19(28,29)17(15,24)25/h4-8,11,13-14H,3,9-10H2,1-2H3. The number of halogens is 10. The summed E-state index contributed by atoms with van der Waals surface area (Å²) in [5, 5.41) is 0. The van der Waals surface area contributed by atoms with Crippen molar-refractivity contribution in [1.82, 2.24) is 0 Å². The van der Waals surface area contributed by atoms with E-state index in [1.165, 1.54) is 5.56 Å². The molecule has 4 atom stereocenters. The van der Waals surface area contributed by atoms with Gasteiger partial charge in [-0.05, 0) is 30.2 Å². The summed E-state index contributed by atoms with van der Waals surface area (Å²) in [5.74, 6) is 1.04. The van der Waals surface area contributed by atoms with Crippen molar-refractivity contribution >= 4 is 159 Å². The van der Waals surface area contributed by atoms with E-state index < -0.39 is 12.9 Å². The van der Waals surface area contributed by atoms with Gasteiger partial charge in [0.15, 0.2) is 0 Å². The lowest BCUT2D eigenvalue weighted by molar-refractivity contribution is 0.269. The van der Waals surface area contributed by atoms with Crippen LogP contribution in [0.1, 0.15) is 32.3 Å². The molecule has 10 heteroatoms. The first-order valence-electron chi connectivity index (χ1n) is 8.96. The Balaban J connectivity index is 2.40. The van der Waals surface area contributed by atoms with Crippen LogP contribution in [0.2, 0.25) is 0 Å². The molecule has 1 saturated carbocycles. The van der Waals surface area contributed by atoms with Crippen LogP contribution in [0, 0.1) is 11.8 Å². The topological polar surface area (TPSA) is 0 Å². The Bertz CT molecular complexity index is 702. The van der Waals surface area contributed by atoms with Gasteiger partial charge in [-0.2, -0.15) is 0 Å². The van der Waals surface area contributed by atoms with E-state index in [1.807, 2.05) is 0 Å². The molecule has 2 rings (SSSR count). The monoisotopic (exact) mass is 1040 g/mol. The van der Waals surface area contributed by atoms with Crippen molar-refractivity contribution in [2.75, 3.05) is 0 Å². The van der Waals surface area contributed by atoms with Crippen LogP contribution in [-0.2, 0) is 6.42 Å². The Labute approximate surface area is 258 Å². The molecule has 1 aromatic rings.